The molecule has 0 aliphatic carbocycles. The molecule has 2 amide bonds. The molecule has 0 bridgehead atoms. The number of carboxylic acid groups (broad SMARTS) is 1. The first-order chi connectivity index (χ1) is 16.4. The zero-order chi connectivity index (χ0) is 26.1. The Balaban J connectivity index is 0.000000540. The predicted molar refractivity (Wildman–Crippen MR) is 123 cm³/mol. The summed E-state index contributed by atoms with van der Waals surface area (Å²) in [5, 5.41) is 16.7. The summed E-state index contributed by atoms with van der Waals surface area (Å²) in [4.78, 5) is 34.7. The lowest BCUT2D eigenvalue weighted by Gasteiger charge is -2.31. The molecule has 8 nitrogen and oxygen atoms in total. The molecule has 2 atom stereocenters. The van der Waals surface area contributed by atoms with Crippen LogP contribution in [0.2, 0.25) is 0 Å². The predicted octanol–water partition coefficient (Wildman–Crippen LogP) is 3.04. The summed E-state index contributed by atoms with van der Waals surface area (Å²) >= 11 is 0. The number of aliphatic carboxylic acids is 1. The van der Waals surface area contributed by atoms with Gasteiger partial charge in [-0.25, -0.2) is 4.79 Å². The molecule has 2 heterocycles. The summed E-state index contributed by atoms with van der Waals surface area (Å²) in [6.45, 7) is 5.83. The van der Waals surface area contributed by atoms with E-state index in [1.165, 1.54) is 0 Å². The Kier molecular flexibility index (Phi) is 10.1. The van der Waals surface area contributed by atoms with Crippen molar-refractivity contribution >= 4 is 17.8 Å². The molecule has 1 aromatic rings. The number of halogens is 3. The zero-order valence-corrected chi connectivity index (χ0v) is 19.8. The van der Waals surface area contributed by atoms with Crippen molar-refractivity contribution in [2.24, 2.45) is 5.92 Å². The number of carbonyl (C=O) groups excluding carboxylic acids is 2. The van der Waals surface area contributed by atoms with E-state index in [2.05, 4.69) is 29.8 Å². The average Bonchev–Trinajstić information content (AvgIpc) is 3.26. The maximum atomic E-state index is 13.1. The lowest BCUT2D eigenvalue weighted by Crippen LogP contribution is -2.57. The highest BCUT2D eigenvalue weighted by Gasteiger charge is 2.40. The molecule has 194 valence electrons. The third-order valence-electron chi connectivity index (χ3n) is 5.62. The number of hydrogen-bond donors (Lipinski definition) is 4. The largest absolute Gasteiger partial charge is 0.490 e. The van der Waals surface area contributed by atoms with E-state index in [0.29, 0.717) is 36.8 Å². The molecule has 1 fully saturated rings. The number of carbonyl (C=O) groups is 3. The van der Waals surface area contributed by atoms with Gasteiger partial charge in [0.25, 0.3) is 5.91 Å². The second-order valence-corrected chi connectivity index (χ2v) is 8.91. The van der Waals surface area contributed by atoms with Crippen molar-refractivity contribution in [1.29, 1.82) is 0 Å². The molecule has 3 rings (SSSR count). The first-order valence-electron chi connectivity index (χ1n) is 11.5. The van der Waals surface area contributed by atoms with E-state index in [1.54, 1.807) is 6.07 Å². The monoisotopic (exact) mass is 499 g/mol. The van der Waals surface area contributed by atoms with Crippen molar-refractivity contribution in [3.63, 3.8) is 0 Å². The van der Waals surface area contributed by atoms with Crippen LogP contribution in [0.25, 0.3) is 0 Å². The van der Waals surface area contributed by atoms with Crippen molar-refractivity contribution < 1.29 is 37.4 Å². The number of rotatable bonds is 2. The second-order valence-electron chi connectivity index (χ2n) is 8.91. The van der Waals surface area contributed by atoms with Gasteiger partial charge >= 0.3 is 12.1 Å². The SMILES string of the molecule is CC(C)C[C@H]1CNC(=O)c2ccccc2OC/C=C/CC2(CCCN2)C(=O)N1.O=C(O)C(F)(F)F. The van der Waals surface area contributed by atoms with E-state index in [-0.39, 0.29) is 17.9 Å². The van der Waals surface area contributed by atoms with E-state index in [0.717, 1.165) is 25.8 Å². The molecule has 1 spiro atoms. The summed E-state index contributed by atoms with van der Waals surface area (Å²) in [5.41, 5.74) is -0.0610. The van der Waals surface area contributed by atoms with E-state index >= 15 is 0 Å². The van der Waals surface area contributed by atoms with Gasteiger partial charge in [0.05, 0.1) is 5.56 Å². The molecule has 11 heteroatoms. The molecular formula is C24H32F3N3O5. The zero-order valence-electron chi connectivity index (χ0n) is 19.8. The summed E-state index contributed by atoms with van der Waals surface area (Å²) in [5.74, 6) is -1.95. The van der Waals surface area contributed by atoms with Crippen molar-refractivity contribution in [3.8, 4) is 5.75 Å². The van der Waals surface area contributed by atoms with E-state index in [4.69, 9.17) is 14.6 Å². The maximum absolute atomic E-state index is 13.1. The van der Waals surface area contributed by atoms with Crippen molar-refractivity contribution in [2.45, 2.75) is 57.3 Å². The van der Waals surface area contributed by atoms with Gasteiger partial charge in [-0.2, -0.15) is 13.2 Å². The minimum absolute atomic E-state index is 0.0212. The fourth-order valence-electron chi connectivity index (χ4n) is 3.93. The number of ether oxygens (including phenoxy) is 1. The van der Waals surface area contributed by atoms with Gasteiger partial charge in [-0.05, 0) is 50.3 Å². The van der Waals surface area contributed by atoms with Crippen LogP contribution in [0.5, 0.6) is 5.75 Å². The minimum Gasteiger partial charge on any atom is -0.489 e. The van der Waals surface area contributed by atoms with Crippen LogP contribution in [-0.4, -0.2) is 60.3 Å². The third-order valence-corrected chi connectivity index (χ3v) is 5.62. The first-order valence-corrected chi connectivity index (χ1v) is 11.5. The average molecular weight is 500 g/mol. The lowest BCUT2D eigenvalue weighted by molar-refractivity contribution is -0.192. The van der Waals surface area contributed by atoms with Gasteiger partial charge in [-0.15, -0.1) is 0 Å². The van der Waals surface area contributed by atoms with Crippen molar-refractivity contribution in [1.82, 2.24) is 16.0 Å². The Morgan fingerprint density at radius 2 is 1.91 bits per heavy atom. The maximum Gasteiger partial charge on any atom is 0.490 e. The fourth-order valence-corrected chi connectivity index (χ4v) is 3.93. The Bertz CT molecular complexity index is 912. The highest BCUT2D eigenvalue weighted by atomic mass is 19.4. The normalized spacial score (nSPS) is 24.2. The van der Waals surface area contributed by atoms with Gasteiger partial charge < -0.3 is 25.8 Å². The molecule has 0 saturated carbocycles. The number of carboxylic acids is 1. The van der Waals surface area contributed by atoms with E-state index < -0.39 is 17.7 Å². The van der Waals surface area contributed by atoms with Crippen LogP contribution in [0, 0.1) is 5.92 Å². The van der Waals surface area contributed by atoms with Gasteiger partial charge in [-0.3, -0.25) is 9.59 Å². The molecule has 2 aliphatic heterocycles. The number of amides is 2. The Morgan fingerprint density at radius 3 is 2.51 bits per heavy atom. The van der Waals surface area contributed by atoms with Gasteiger partial charge in [0.15, 0.2) is 0 Å². The number of nitrogens with one attached hydrogen (secondary N) is 3. The number of fused-ring (bicyclic) bond motifs is 1. The van der Waals surface area contributed by atoms with E-state index in [9.17, 15) is 22.8 Å². The topological polar surface area (TPSA) is 117 Å². The summed E-state index contributed by atoms with van der Waals surface area (Å²) in [6.07, 6.45) is 2.07. The molecule has 0 radical (unpaired) electrons. The third kappa shape index (κ3) is 8.57. The van der Waals surface area contributed by atoms with E-state index in [1.807, 2.05) is 30.4 Å². The van der Waals surface area contributed by atoms with Crippen molar-refractivity contribution in [2.75, 3.05) is 19.7 Å². The highest BCUT2D eigenvalue weighted by Crippen LogP contribution is 2.25. The van der Waals surface area contributed by atoms with Gasteiger partial charge in [0.1, 0.15) is 17.9 Å². The quantitative estimate of drug-likeness (QED) is 0.465. The van der Waals surface area contributed by atoms with Crippen LogP contribution in [0.1, 0.15) is 49.9 Å². The van der Waals surface area contributed by atoms with Gasteiger partial charge in [0.2, 0.25) is 5.91 Å². The van der Waals surface area contributed by atoms with Crippen LogP contribution in [0.3, 0.4) is 0 Å². The Labute approximate surface area is 202 Å². The standard InChI is InChI=1S/C22H31N3O3.C2HF3O2/c1-16(2)14-17-15-23-20(26)18-8-3-4-9-19(18)28-13-6-5-10-22(21(27)25-17)11-7-12-24-22;3-2(4,5)1(6)7/h3-6,8-9,16-17,24H,7,10-15H2,1-2H3,(H,23,26)(H,25,27);(H,6,7)/b6-5+;/t17-,22?;/m0./s1. The van der Waals surface area contributed by atoms with Crippen molar-refractivity contribution in [3.05, 3.63) is 42.0 Å². The molecule has 0 aromatic heterocycles. The lowest BCUT2D eigenvalue weighted by atomic mass is 9.91. The summed E-state index contributed by atoms with van der Waals surface area (Å²) in [6, 6.07) is 7.13. The fraction of sp³-hybridized carbons (Fsp3) is 0.542. The van der Waals surface area contributed by atoms with Gasteiger partial charge in [-0.1, -0.05) is 38.1 Å². The van der Waals surface area contributed by atoms with Crippen LogP contribution in [0.15, 0.2) is 36.4 Å². The first kappa shape index (κ1) is 28.2. The Morgan fingerprint density at radius 1 is 1.23 bits per heavy atom. The van der Waals surface area contributed by atoms with Gasteiger partial charge in [0, 0.05) is 12.6 Å². The Hall–Kier alpha value is -3.08. The number of hydrogen-bond acceptors (Lipinski definition) is 5. The second kappa shape index (κ2) is 12.6. The molecular weight excluding hydrogens is 467 g/mol. The van der Waals surface area contributed by atoms with Crippen LogP contribution >= 0.6 is 0 Å². The molecule has 1 aromatic carbocycles. The van der Waals surface area contributed by atoms with Crippen LogP contribution in [0.4, 0.5) is 13.2 Å². The minimum atomic E-state index is -5.08. The molecule has 2 aliphatic rings. The van der Waals surface area contributed by atoms with Crippen LogP contribution < -0.4 is 20.7 Å². The summed E-state index contributed by atoms with van der Waals surface area (Å²) in [7, 11) is 0. The van der Waals surface area contributed by atoms with Crippen LogP contribution in [-0.2, 0) is 9.59 Å². The highest BCUT2D eigenvalue weighted by molar-refractivity contribution is 5.97. The molecule has 35 heavy (non-hydrogen) atoms. The summed E-state index contributed by atoms with van der Waals surface area (Å²) < 4.78 is 37.5. The number of para-hydroxylation sites is 1. The molecule has 1 saturated heterocycles. The number of alkyl halides is 3. The number of benzene rings is 1. The molecule has 1 unspecified atom stereocenters. The smallest absolute Gasteiger partial charge is 0.489 e. The molecule has 4 N–H and O–H groups in total.